The number of nitrogens with one attached hydrogen (secondary N) is 2. The number of fused-ring (bicyclic) bond motifs is 1. The molecule has 164 valence electrons. The minimum absolute atomic E-state index is 0.103. The lowest BCUT2D eigenvalue weighted by atomic mass is 10.2. The zero-order chi connectivity index (χ0) is 22.9. The zero-order valence-corrected chi connectivity index (χ0v) is 17.2. The average Bonchev–Trinajstić information content (AvgIpc) is 3.22. The fraction of sp³-hybridized carbons (Fsp3) is 0.0909. The molecule has 6 nitrogen and oxygen atoms in total. The Balaban J connectivity index is 1.50. The van der Waals surface area contributed by atoms with Gasteiger partial charge in [-0.05, 0) is 42.0 Å². The van der Waals surface area contributed by atoms with Crippen LogP contribution < -0.4 is 5.32 Å². The van der Waals surface area contributed by atoms with Crippen molar-refractivity contribution in [3.63, 3.8) is 0 Å². The first kappa shape index (κ1) is 21.6. The number of halogens is 3. The second-order valence-corrected chi connectivity index (χ2v) is 8.89. The summed E-state index contributed by atoms with van der Waals surface area (Å²) in [5.74, 6) is -0.364. The number of aromatic nitrogens is 2. The van der Waals surface area contributed by atoms with Gasteiger partial charge >= 0.3 is 6.18 Å². The van der Waals surface area contributed by atoms with E-state index in [-0.39, 0.29) is 17.3 Å². The predicted molar refractivity (Wildman–Crippen MR) is 111 cm³/mol. The van der Waals surface area contributed by atoms with Gasteiger partial charge in [-0.25, -0.2) is 8.42 Å². The maximum absolute atomic E-state index is 13.2. The Labute approximate surface area is 181 Å². The molecule has 0 atom stereocenters. The van der Waals surface area contributed by atoms with Crippen LogP contribution in [0.1, 0.15) is 21.6 Å². The summed E-state index contributed by atoms with van der Waals surface area (Å²) in [6.07, 6.45) is -1.57. The molecule has 0 fully saturated rings. The summed E-state index contributed by atoms with van der Waals surface area (Å²) >= 11 is 0. The fourth-order valence-electron chi connectivity index (χ4n) is 3.22. The molecule has 2 aromatic carbocycles. The standard InChI is InChI=1S/C22H16F3N3O3S/c23-22(24,25)17-3-1-2-4-20(17)32(30,31)16-7-5-14(6-8-16)12-27-21(29)19-11-15-13-26-10-9-18(15)28-19/h1-11,13,28H,12H2,(H,27,29). The van der Waals surface area contributed by atoms with Crippen LogP contribution in [0.4, 0.5) is 13.2 Å². The Kier molecular flexibility index (Phi) is 5.47. The second-order valence-electron chi connectivity index (χ2n) is 6.97. The molecule has 1 amide bonds. The monoisotopic (exact) mass is 459 g/mol. The summed E-state index contributed by atoms with van der Waals surface area (Å²) in [5.41, 5.74) is 0.471. The summed E-state index contributed by atoms with van der Waals surface area (Å²) in [7, 11) is -4.38. The molecule has 0 radical (unpaired) electrons. The Morgan fingerprint density at radius 1 is 1.03 bits per heavy atom. The van der Waals surface area contributed by atoms with Crippen LogP contribution in [0, 0.1) is 0 Å². The number of benzene rings is 2. The highest BCUT2D eigenvalue weighted by molar-refractivity contribution is 7.91. The maximum Gasteiger partial charge on any atom is 0.417 e. The molecule has 2 heterocycles. The van der Waals surface area contributed by atoms with Crippen molar-refractivity contribution in [1.82, 2.24) is 15.3 Å². The molecule has 0 spiro atoms. The zero-order valence-electron chi connectivity index (χ0n) is 16.3. The van der Waals surface area contributed by atoms with Crippen molar-refractivity contribution in [1.29, 1.82) is 0 Å². The van der Waals surface area contributed by atoms with Crippen LogP contribution in [0.3, 0.4) is 0 Å². The molecule has 0 saturated carbocycles. The van der Waals surface area contributed by atoms with Crippen LogP contribution in [0.25, 0.3) is 10.9 Å². The van der Waals surface area contributed by atoms with Gasteiger partial charge in [-0.15, -0.1) is 0 Å². The Morgan fingerprint density at radius 3 is 2.44 bits per heavy atom. The van der Waals surface area contributed by atoms with Crippen molar-refractivity contribution >= 4 is 26.6 Å². The molecule has 4 rings (SSSR count). The highest BCUT2D eigenvalue weighted by atomic mass is 32.2. The van der Waals surface area contributed by atoms with Gasteiger partial charge in [0.15, 0.2) is 0 Å². The third-order valence-corrected chi connectivity index (χ3v) is 6.66. The van der Waals surface area contributed by atoms with Gasteiger partial charge in [-0.2, -0.15) is 13.2 Å². The Bertz CT molecular complexity index is 1360. The van der Waals surface area contributed by atoms with E-state index in [2.05, 4.69) is 15.3 Å². The van der Waals surface area contributed by atoms with E-state index in [9.17, 15) is 26.4 Å². The van der Waals surface area contributed by atoms with Crippen LogP contribution in [-0.2, 0) is 22.6 Å². The summed E-state index contributed by atoms with van der Waals surface area (Å²) in [6, 6.07) is 12.8. The number of pyridine rings is 1. The van der Waals surface area contributed by atoms with E-state index < -0.39 is 26.5 Å². The summed E-state index contributed by atoms with van der Waals surface area (Å²) in [5, 5.41) is 3.49. The maximum atomic E-state index is 13.2. The fourth-order valence-corrected chi connectivity index (χ4v) is 4.70. The number of carbonyl (C=O) groups is 1. The lowest BCUT2D eigenvalue weighted by Crippen LogP contribution is -2.23. The molecule has 0 saturated heterocycles. The number of hydrogen-bond acceptors (Lipinski definition) is 4. The van der Waals surface area contributed by atoms with Gasteiger partial charge in [0, 0.05) is 29.8 Å². The van der Waals surface area contributed by atoms with E-state index >= 15 is 0 Å². The SMILES string of the molecule is O=C(NCc1ccc(S(=O)(=O)c2ccccc2C(F)(F)F)cc1)c1cc2cnccc2[nH]1. The number of rotatable bonds is 5. The minimum Gasteiger partial charge on any atom is -0.350 e. The second kappa shape index (κ2) is 8.12. The van der Waals surface area contributed by atoms with Crippen molar-refractivity contribution in [3.05, 3.63) is 89.9 Å². The van der Waals surface area contributed by atoms with E-state index in [0.717, 1.165) is 29.1 Å². The van der Waals surface area contributed by atoms with Crippen molar-refractivity contribution in [2.24, 2.45) is 0 Å². The van der Waals surface area contributed by atoms with Gasteiger partial charge in [-0.3, -0.25) is 9.78 Å². The molecule has 0 bridgehead atoms. The summed E-state index contributed by atoms with van der Waals surface area (Å²) in [6.45, 7) is 0.103. The molecular weight excluding hydrogens is 443 g/mol. The van der Waals surface area contributed by atoms with Crippen LogP contribution in [-0.4, -0.2) is 24.3 Å². The number of aromatic amines is 1. The molecule has 0 unspecified atom stereocenters. The molecule has 10 heteroatoms. The molecule has 4 aromatic rings. The third kappa shape index (κ3) is 4.22. The summed E-state index contributed by atoms with van der Waals surface area (Å²) < 4.78 is 65.2. The Morgan fingerprint density at radius 2 is 1.75 bits per heavy atom. The highest BCUT2D eigenvalue weighted by Crippen LogP contribution is 2.36. The number of nitrogens with zero attached hydrogens (tertiary/aromatic N) is 1. The van der Waals surface area contributed by atoms with Gasteiger partial charge in [0.25, 0.3) is 5.91 Å². The Hall–Kier alpha value is -3.66. The van der Waals surface area contributed by atoms with E-state index in [0.29, 0.717) is 11.3 Å². The minimum atomic E-state index is -4.80. The lowest BCUT2D eigenvalue weighted by molar-refractivity contribution is -0.139. The molecule has 32 heavy (non-hydrogen) atoms. The molecular formula is C22H16F3N3O3S. The highest BCUT2D eigenvalue weighted by Gasteiger charge is 2.37. The number of sulfone groups is 1. The van der Waals surface area contributed by atoms with E-state index in [4.69, 9.17) is 0 Å². The average molecular weight is 459 g/mol. The lowest BCUT2D eigenvalue weighted by Gasteiger charge is -2.13. The largest absolute Gasteiger partial charge is 0.417 e. The van der Waals surface area contributed by atoms with Crippen molar-refractivity contribution in [3.8, 4) is 0 Å². The predicted octanol–water partition coefficient (Wildman–Crippen LogP) is 4.34. The normalized spacial score (nSPS) is 12.1. The molecule has 2 N–H and O–H groups in total. The first-order chi connectivity index (χ1) is 15.2. The molecule has 0 aliphatic carbocycles. The van der Waals surface area contributed by atoms with Crippen LogP contribution >= 0.6 is 0 Å². The number of carbonyl (C=O) groups excluding carboxylic acids is 1. The molecule has 0 aliphatic rings. The first-order valence-electron chi connectivity index (χ1n) is 9.37. The van der Waals surface area contributed by atoms with Crippen molar-refractivity contribution in [2.75, 3.05) is 0 Å². The topological polar surface area (TPSA) is 91.9 Å². The summed E-state index contributed by atoms with van der Waals surface area (Å²) in [4.78, 5) is 18.2. The quantitative estimate of drug-likeness (QED) is 0.464. The first-order valence-corrected chi connectivity index (χ1v) is 10.9. The van der Waals surface area contributed by atoms with E-state index in [1.807, 2.05) is 0 Å². The number of amides is 1. The van der Waals surface area contributed by atoms with Gasteiger partial charge in [-0.1, -0.05) is 24.3 Å². The van der Waals surface area contributed by atoms with Gasteiger partial charge < -0.3 is 10.3 Å². The number of hydrogen-bond donors (Lipinski definition) is 2. The molecule has 0 aliphatic heterocycles. The van der Waals surface area contributed by atoms with Crippen LogP contribution in [0.2, 0.25) is 0 Å². The third-order valence-electron chi connectivity index (χ3n) is 4.83. The van der Waals surface area contributed by atoms with Crippen molar-refractivity contribution in [2.45, 2.75) is 22.5 Å². The smallest absolute Gasteiger partial charge is 0.350 e. The van der Waals surface area contributed by atoms with Crippen LogP contribution in [0.5, 0.6) is 0 Å². The number of H-pyrrole nitrogens is 1. The van der Waals surface area contributed by atoms with E-state index in [1.165, 1.54) is 30.3 Å². The number of alkyl halides is 3. The van der Waals surface area contributed by atoms with Gasteiger partial charge in [0.05, 0.1) is 15.4 Å². The van der Waals surface area contributed by atoms with E-state index in [1.54, 1.807) is 24.5 Å². The van der Waals surface area contributed by atoms with Crippen LogP contribution in [0.15, 0.2) is 82.8 Å². The van der Waals surface area contributed by atoms with Crippen molar-refractivity contribution < 1.29 is 26.4 Å². The van der Waals surface area contributed by atoms with Gasteiger partial charge in [0.1, 0.15) is 5.69 Å². The van der Waals surface area contributed by atoms with Gasteiger partial charge in [0.2, 0.25) is 9.84 Å². The molecule has 2 aromatic heterocycles.